The van der Waals surface area contributed by atoms with Crippen LogP contribution in [0.3, 0.4) is 0 Å². The molecule has 2 heterocycles. The lowest BCUT2D eigenvalue weighted by molar-refractivity contribution is -0.118. The van der Waals surface area contributed by atoms with E-state index in [1.54, 1.807) is 18.5 Å². The van der Waals surface area contributed by atoms with E-state index in [0.717, 1.165) is 11.3 Å². The smallest absolute Gasteiger partial charge is 0.247 e. The van der Waals surface area contributed by atoms with Crippen LogP contribution < -0.4 is 16.8 Å². The normalized spacial score (nSPS) is 21.7. The number of nitrogens with one attached hydrogen (secondary N) is 1. The van der Waals surface area contributed by atoms with Crippen molar-refractivity contribution < 1.29 is 14.3 Å². The number of ketones is 1. The van der Waals surface area contributed by atoms with Gasteiger partial charge in [-0.2, -0.15) is 0 Å². The monoisotopic (exact) mass is 370 g/mol. The van der Waals surface area contributed by atoms with E-state index in [1.165, 1.54) is 0 Å². The third kappa shape index (κ3) is 3.94. The number of dihydropyridines is 1. The second kappa shape index (κ2) is 7.62. The van der Waals surface area contributed by atoms with Gasteiger partial charge in [0.05, 0.1) is 24.5 Å². The van der Waals surface area contributed by atoms with Crippen LogP contribution in [0.15, 0.2) is 47.1 Å². The highest BCUT2D eigenvalue weighted by molar-refractivity contribution is 6.05. The number of ether oxygens (including phenoxy) is 1. The SMILES string of the molecule is CC1(C)CC(=O)C2=C(C1)NC(COCCN)=C(C(N)=O)C2c1cccnc1. The number of hydrogen-bond acceptors (Lipinski definition) is 6. The first-order valence-electron chi connectivity index (χ1n) is 9.08. The Morgan fingerprint density at radius 2 is 2.19 bits per heavy atom. The van der Waals surface area contributed by atoms with Gasteiger partial charge in [-0.15, -0.1) is 0 Å². The van der Waals surface area contributed by atoms with Crippen molar-refractivity contribution in [3.05, 3.63) is 52.6 Å². The number of pyridine rings is 1. The van der Waals surface area contributed by atoms with E-state index in [2.05, 4.69) is 24.1 Å². The zero-order chi connectivity index (χ0) is 19.6. The molecule has 5 N–H and O–H groups in total. The lowest BCUT2D eigenvalue weighted by Crippen LogP contribution is -2.41. The lowest BCUT2D eigenvalue weighted by Gasteiger charge is -2.39. The molecule has 2 aliphatic rings. The van der Waals surface area contributed by atoms with E-state index in [9.17, 15) is 9.59 Å². The fourth-order valence-corrected chi connectivity index (χ4v) is 3.89. The van der Waals surface area contributed by atoms with Gasteiger partial charge >= 0.3 is 0 Å². The van der Waals surface area contributed by atoms with Crippen molar-refractivity contribution in [3.63, 3.8) is 0 Å². The maximum absolute atomic E-state index is 13.0. The third-order valence-electron chi connectivity index (χ3n) is 4.92. The van der Waals surface area contributed by atoms with Crippen molar-refractivity contribution in [1.82, 2.24) is 10.3 Å². The molecule has 7 nitrogen and oxygen atoms in total. The molecule has 1 aromatic rings. The van der Waals surface area contributed by atoms with Crippen LogP contribution in [0.2, 0.25) is 0 Å². The molecular formula is C20H26N4O3. The molecule has 144 valence electrons. The fraction of sp³-hybridized carbons (Fsp3) is 0.450. The number of rotatable bonds is 6. The van der Waals surface area contributed by atoms with Crippen molar-refractivity contribution in [2.45, 2.75) is 32.6 Å². The molecule has 0 saturated heterocycles. The number of nitrogens with zero attached hydrogens (tertiary/aromatic N) is 1. The second-order valence-corrected chi connectivity index (χ2v) is 7.78. The standard InChI is InChI=1S/C20H26N4O3/c1-20(2)8-13-17(15(25)9-20)16(12-4-3-6-23-10-12)18(19(22)26)14(24-13)11-27-7-5-21/h3-4,6,10,16,24H,5,7-9,11,21H2,1-2H3,(H2,22,26). The summed E-state index contributed by atoms with van der Waals surface area (Å²) in [6, 6.07) is 3.65. The molecule has 0 fully saturated rings. The molecule has 1 aliphatic heterocycles. The number of primary amides is 1. The van der Waals surface area contributed by atoms with Gasteiger partial charge in [-0.1, -0.05) is 19.9 Å². The number of allylic oxidation sites excluding steroid dienone is 2. The van der Waals surface area contributed by atoms with Gasteiger partial charge in [-0.05, 0) is 23.5 Å². The number of Topliss-reactive ketones (excluding diaryl/α,β-unsaturated/α-hetero) is 1. The average molecular weight is 370 g/mol. The molecule has 27 heavy (non-hydrogen) atoms. The van der Waals surface area contributed by atoms with Crippen molar-refractivity contribution in [2.75, 3.05) is 19.8 Å². The number of carbonyl (C=O) groups excluding carboxylic acids is 2. The molecule has 1 aromatic heterocycles. The summed E-state index contributed by atoms with van der Waals surface area (Å²) in [5.74, 6) is -1.08. The largest absolute Gasteiger partial charge is 0.374 e. The highest BCUT2D eigenvalue weighted by Crippen LogP contribution is 2.46. The summed E-state index contributed by atoms with van der Waals surface area (Å²) in [5, 5.41) is 3.28. The third-order valence-corrected chi connectivity index (χ3v) is 4.92. The van der Waals surface area contributed by atoms with Gasteiger partial charge in [0.2, 0.25) is 5.91 Å². The van der Waals surface area contributed by atoms with Gasteiger partial charge in [0, 0.05) is 42.5 Å². The molecule has 7 heteroatoms. The maximum atomic E-state index is 13.0. The van der Waals surface area contributed by atoms with Crippen LogP contribution in [0, 0.1) is 5.41 Å². The predicted octanol–water partition coefficient (Wildman–Crippen LogP) is 1.13. The number of hydrogen-bond donors (Lipinski definition) is 3. The molecule has 0 saturated carbocycles. The van der Waals surface area contributed by atoms with Crippen LogP contribution in [-0.2, 0) is 14.3 Å². The lowest BCUT2D eigenvalue weighted by atomic mass is 9.68. The van der Waals surface area contributed by atoms with Gasteiger partial charge in [0.15, 0.2) is 5.78 Å². The second-order valence-electron chi connectivity index (χ2n) is 7.78. The summed E-state index contributed by atoms with van der Waals surface area (Å²) < 4.78 is 5.57. The minimum atomic E-state index is -0.577. The van der Waals surface area contributed by atoms with Gasteiger partial charge in [-0.3, -0.25) is 14.6 Å². The van der Waals surface area contributed by atoms with Crippen LogP contribution in [0.4, 0.5) is 0 Å². The van der Waals surface area contributed by atoms with E-state index in [4.69, 9.17) is 16.2 Å². The number of amides is 1. The average Bonchev–Trinajstić information content (AvgIpc) is 2.60. The van der Waals surface area contributed by atoms with E-state index in [-0.39, 0.29) is 17.8 Å². The Morgan fingerprint density at radius 1 is 1.41 bits per heavy atom. The van der Waals surface area contributed by atoms with Crippen LogP contribution >= 0.6 is 0 Å². The van der Waals surface area contributed by atoms with Gasteiger partial charge < -0.3 is 21.5 Å². The first kappa shape index (κ1) is 19.3. The molecule has 0 bridgehead atoms. The minimum Gasteiger partial charge on any atom is -0.374 e. The Kier molecular flexibility index (Phi) is 5.43. The zero-order valence-electron chi connectivity index (χ0n) is 15.7. The van der Waals surface area contributed by atoms with E-state index >= 15 is 0 Å². The molecule has 0 aromatic carbocycles. The maximum Gasteiger partial charge on any atom is 0.247 e. The molecule has 1 amide bonds. The first-order valence-corrected chi connectivity index (χ1v) is 9.08. The minimum absolute atomic E-state index is 0.0308. The van der Waals surface area contributed by atoms with Crippen molar-refractivity contribution >= 4 is 11.7 Å². The van der Waals surface area contributed by atoms with Crippen molar-refractivity contribution in [3.8, 4) is 0 Å². The Bertz CT molecular complexity index is 812. The molecular weight excluding hydrogens is 344 g/mol. The molecule has 1 aliphatic carbocycles. The van der Waals surface area contributed by atoms with E-state index < -0.39 is 11.8 Å². The predicted molar refractivity (Wildman–Crippen MR) is 101 cm³/mol. The molecule has 0 spiro atoms. The summed E-state index contributed by atoms with van der Waals surface area (Å²) >= 11 is 0. The van der Waals surface area contributed by atoms with E-state index in [1.807, 2.05) is 6.07 Å². The highest BCUT2D eigenvalue weighted by Gasteiger charge is 2.42. The number of carbonyl (C=O) groups is 2. The zero-order valence-corrected chi connectivity index (χ0v) is 15.7. The summed E-state index contributed by atoms with van der Waals surface area (Å²) in [4.78, 5) is 29.6. The molecule has 1 unspecified atom stereocenters. The Hall–Kier alpha value is -2.51. The first-order chi connectivity index (χ1) is 12.8. The molecule has 0 radical (unpaired) electrons. The van der Waals surface area contributed by atoms with E-state index in [0.29, 0.717) is 42.8 Å². The van der Waals surface area contributed by atoms with Gasteiger partial charge in [0.1, 0.15) is 0 Å². The summed E-state index contributed by atoms with van der Waals surface area (Å²) in [6.07, 6.45) is 4.46. The highest BCUT2D eigenvalue weighted by atomic mass is 16.5. The Labute approximate surface area is 158 Å². The Balaban J connectivity index is 2.13. The summed E-state index contributed by atoms with van der Waals surface area (Å²) in [5.41, 5.74) is 14.2. The van der Waals surface area contributed by atoms with Gasteiger partial charge in [0.25, 0.3) is 0 Å². The van der Waals surface area contributed by atoms with Crippen LogP contribution in [0.25, 0.3) is 0 Å². The van der Waals surface area contributed by atoms with Crippen LogP contribution in [0.1, 0.15) is 38.2 Å². The van der Waals surface area contributed by atoms with Crippen molar-refractivity contribution in [2.24, 2.45) is 16.9 Å². The fourth-order valence-electron chi connectivity index (χ4n) is 3.89. The topological polar surface area (TPSA) is 120 Å². The van der Waals surface area contributed by atoms with Crippen LogP contribution in [-0.4, -0.2) is 36.4 Å². The summed E-state index contributed by atoms with van der Waals surface area (Å²) in [7, 11) is 0. The van der Waals surface area contributed by atoms with Crippen molar-refractivity contribution in [1.29, 1.82) is 0 Å². The van der Waals surface area contributed by atoms with Gasteiger partial charge in [-0.25, -0.2) is 0 Å². The Morgan fingerprint density at radius 3 is 2.81 bits per heavy atom. The molecule has 3 rings (SSSR count). The number of aromatic nitrogens is 1. The molecule has 1 atom stereocenters. The quantitative estimate of drug-likeness (QED) is 0.646. The summed E-state index contributed by atoms with van der Waals surface area (Å²) in [6.45, 7) is 5.05. The number of nitrogens with two attached hydrogens (primary N) is 2. The van der Waals surface area contributed by atoms with Crippen LogP contribution in [0.5, 0.6) is 0 Å².